The molecule has 1 aromatic carbocycles. The number of nitrogens with two attached hydrogens (primary N) is 1. The Morgan fingerprint density at radius 1 is 1.27 bits per heavy atom. The highest BCUT2D eigenvalue weighted by molar-refractivity contribution is 6.45. The normalized spacial score (nSPS) is 14.3. The predicted molar refractivity (Wildman–Crippen MR) is 185 cm³/mol. The topological polar surface area (TPSA) is 204 Å². The Morgan fingerprint density at radius 2 is 1.98 bits per heavy atom. The average molecular weight is 681 g/mol. The molecule has 1 aliphatic heterocycles. The lowest BCUT2D eigenvalue weighted by Gasteiger charge is -2.24. The average Bonchev–Trinajstić information content (AvgIpc) is 3.94. The fraction of sp³-hybridized carbons (Fsp3) is 0.333. The molecule has 0 unspecified atom stereocenters. The quantitative estimate of drug-likeness (QED) is 0.0834. The van der Waals surface area contributed by atoms with Crippen molar-refractivity contribution in [2.45, 2.75) is 33.2 Å². The van der Waals surface area contributed by atoms with Gasteiger partial charge in [0, 0.05) is 44.4 Å². The number of dihydropyridines is 1. The second-order valence-corrected chi connectivity index (χ2v) is 11.2. The lowest BCUT2D eigenvalue weighted by Crippen LogP contribution is -2.35. The molecule has 1 fully saturated rings. The summed E-state index contributed by atoms with van der Waals surface area (Å²) in [6.07, 6.45) is 7.97. The molecule has 7 N–H and O–H groups in total. The van der Waals surface area contributed by atoms with Gasteiger partial charge in [-0.15, -0.1) is 0 Å². The number of nitrogens with one attached hydrogen (secondary N) is 4. The number of hydrogen-bond acceptors (Lipinski definition) is 10. The second kappa shape index (κ2) is 17.8. The van der Waals surface area contributed by atoms with E-state index in [9.17, 15) is 14.4 Å². The number of likely N-dealkylation sites (N-methyl/N-ethyl adjacent to an activating group) is 1. The van der Waals surface area contributed by atoms with Crippen LogP contribution in [-0.4, -0.2) is 78.8 Å². The smallest absolute Gasteiger partial charge is 0.271 e. The Balaban J connectivity index is 0.00000148. The summed E-state index contributed by atoms with van der Waals surface area (Å²) in [5, 5.41) is 24.8. The van der Waals surface area contributed by atoms with Crippen LogP contribution in [0.25, 0.3) is 5.57 Å². The number of carbonyl (C=O) groups is 3. The highest BCUT2D eigenvalue weighted by Gasteiger charge is 2.29. The number of amides is 3. The zero-order valence-electron chi connectivity index (χ0n) is 27.5. The van der Waals surface area contributed by atoms with Gasteiger partial charge in [0.2, 0.25) is 0 Å². The van der Waals surface area contributed by atoms with Gasteiger partial charge in [-0.25, -0.2) is 4.89 Å². The molecular weight excluding hydrogens is 640 g/mol. The van der Waals surface area contributed by atoms with Gasteiger partial charge in [0.05, 0.1) is 42.4 Å². The first kappa shape index (κ1) is 37.4. The number of hydrogen-bond donors (Lipinski definition) is 6. The SMILES string of the molecule is CCOO.CNC(=O)C(=N)/C(=C\C(N)=NC(=O)C1CC1)Nc1ccc(Cl)c(C2=CC=C(C(=O)N(C)Cc3cc(C)ccn3)NC2)c1OC. The number of ether oxygens (including phenoxy) is 1. The summed E-state index contributed by atoms with van der Waals surface area (Å²) < 4.78 is 5.74. The molecule has 48 heavy (non-hydrogen) atoms. The molecule has 4 rings (SSSR count). The summed E-state index contributed by atoms with van der Waals surface area (Å²) in [6, 6.07) is 7.11. The van der Waals surface area contributed by atoms with E-state index < -0.39 is 11.6 Å². The van der Waals surface area contributed by atoms with Crippen LogP contribution in [0, 0.1) is 18.3 Å². The van der Waals surface area contributed by atoms with Crippen molar-refractivity contribution in [1.29, 1.82) is 5.41 Å². The fourth-order valence-electron chi connectivity index (χ4n) is 4.48. The molecule has 0 bridgehead atoms. The van der Waals surface area contributed by atoms with E-state index >= 15 is 0 Å². The van der Waals surface area contributed by atoms with Crippen molar-refractivity contribution in [2.24, 2.45) is 16.6 Å². The van der Waals surface area contributed by atoms with Crippen molar-refractivity contribution < 1.29 is 29.3 Å². The van der Waals surface area contributed by atoms with Crippen LogP contribution in [0.1, 0.15) is 36.6 Å². The van der Waals surface area contributed by atoms with Crippen LogP contribution in [0.3, 0.4) is 0 Å². The van der Waals surface area contributed by atoms with Gasteiger partial charge in [0.1, 0.15) is 17.2 Å². The molecule has 0 saturated heterocycles. The van der Waals surface area contributed by atoms with Gasteiger partial charge < -0.3 is 31.3 Å². The number of halogens is 1. The lowest BCUT2D eigenvalue weighted by molar-refractivity contribution is -0.237. The maximum Gasteiger partial charge on any atom is 0.271 e. The number of amidine groups is 1. The Hall–Kier alpha value is -5.05. The number of aryl methyl sites for hydroxylation is 1. The Labute approximate surface area is 284 Å². The summed E-state index contributed by atoms with van der Waals surface area (Å²) in [5.41, 5.74) is 9.48. The number of methoxy groups -OCH3 is 1. The number of pyridine rings is 1. The summed E-state index contributed by atoms with van der Waals surface area (Å²) in [7, 11) is 4.58. The number of carbonyl (C=O) groups excluding carboxylic acids is 3. The molecule has 0 atom stereocenters. The standard InChI is InChI=1S/C31H35ClN8O4.C2H6O2/c1-17-11-12-36-20(13-17)16-40(3)31(43)23-9-7-19(15-37-23)26-21(32)8-10-22(28(26)44-4)38-24(27(34)30(42)35-2)14-25(33)39-29(41)18-5-6-18;1-2-4-3/h7-14,18,34,37-38H,5-6,15-16H2,1-4H3,(H,35,42)(H2,33,39,41);3H,2H2,1H3/b24-14+,34-27?;. The lowest BCUT2D eigenvalue weighted by atomic mass is 10.00. The van der Waals surface area contributed by atoms with Crippen molar-refractivity contribution >= 4 is 52.1 Å². The van der Waals surface area contributed by atoms with Crippen molar-refractivity contribution in [2.75, 3.05) is 39.7 Å². The zero-order valence-corrected chi connectivity index (χ0v) is 28.3. The third kappa shape index (κ3) is 10.2. The van der Waals surface area contributed by atoms with E-state index in [4.69, 9.17) is 32.7 Å². The molecule has 14 nitrogen and oxygen atoms in total. The first-order valence-corrected chi connectivity index (χ1v) is 15.4. The van der Waals surface area contributed by atoms with Crippen LogP contribution in [0.4, 0.5) is 5.69 Å². The van der Waals surface area contributed by atoms with E-state index in [2.05, 4.69) is 30.8 Å². The van der Waals surface area contributed by atoms with E-state index in [-0.39, 0.29) is 35.8 Å². The van der Waals surface area contributed by atoms with Crippen molar-refractivity contribution in [1.82, 2.24) is 20.5 Å². The maximum absolute atomic E-state index is 13.1. The third-order valence-corrected chi connectivity index (χ3v) is 7.40. The van der Waals surface area contributed by atoms with Crippen LogP contribution >= 0.6 is 11.6 Å². The largest absolute Gasteiger partial charge is 0.494 e. The molecule has 3 amide bonds. The fourth-order valence-corrected chi connectivity index (χ4v) is 4.75. The number of aromatic nitrogens is 1. The highest BCUT2D eigenvalue weighted by Crippen LogP contribution is 2.40. The van der Waals surface area contributed by atoms with Crippen LogP contribution in [0.2, 0.25) is 5.02 Å². The predicted octanol–water partition coefficient (Wildman–Crippen LogP) is 3.43. The molecule has 2 aliphatic rings. The molecule has 2 aromatic rings. The summed E-state index contributed by atoms with van der Waals surface area (Å²) in [5.74, 6) is -1.16. The van der Waals surface area contributed by atoms with Gasteiger partial charge in [-0.05, 0) is 68.2 Å². The molecule has 1 aromatic heterocycles. The van der Waals surface area contributed by atoms with E-state index in [0.29, 0.717) is 40.9 Å². The molecule has 0 spiro atoms. The number of allylic oxidation sites excluding steroid dienone is 2. The first-order valence-electron chi connectivity index (χ1n) is 15.1. The van der Waals surface area contributed by atoms with Crippen molar-refractivity contribution in [3.05, 3.63) is 81.9 Å². The highest BCUT2D eigenvalue weighted by atomic mass is 35.5. The number of rotatable bonds is 12. The van der Waals surface area contributed by atoms with E-state index in [1.165, 1.54) is 20.2 Å². The molecule has 1 saturated carbocycles. The Bertz CT molecular complexity index is 1660. The monoisotopic (exact) mass is 680 g/mol. The van der Waals surface area contributed by atoms with Crippen LogP contribution in [-0.2, 0) is 25.8 Å². The van der Waals surface area contributed by atoms with Gasteiger partial charge in [0.15, 0.2) is 5.75 Å². The van der Waals surface area contributed by atoms with Crippen LogP contribution in [0.15, 0.2) is 65.1 Å². The molecule has 256 valence electrons. The molecule has 15 heteroatoms. The molecule has 0 radical (unpaired) electrons. The number of nitrogens with zero attached hydrogens (tertiary/aromatic N) is 3. The van der Waals surface area contributed by atoms with Crippen molar-refractivity contribution in [3.8, 4) is 5.75 Å². The van der Waals surface area contributed by atoms with E-state index in [1.807, 2.05) is 19.1 Å². The summed E-state index contributed by atoms with van der Waals surface area (Å²) in [4.78, 5) is 51.0. The first-order chi connectivity index (χ1) is 22.9. The molecule has 2 heterocycles. The minimum Gasteiger partial charge on any atom is -0.494 e. The van der Waals surface area contributed by atoms with E-state index in [0.717, 1.165) is 29.7 Å². The maximum atomic E-state index is 13.1. The molecule has 1 aliphatic carbocycles. The Kier molecular flexibility index (Phi) is 13.8. The number of anilines is 1. The summed E-state index contributed by atoms with van der Waals surface area (Å²) >= 11 is 6.64. The third-order valence-electron chi connectivity index (χ3n) is 7.08. The summed E-state index contributed by atoms with van der Waals surface area (Å²) in [6.45, 7) is 4.68. The zero-order chi connectivity index (χ0) is 35.4. The minimum absolute atomic E-state index is 0.00423. The molecular formula is C33H41ClN8O6. The van der Waals surface area contributed by atoms with Gasteiger partial charge in [0.25, 0.3) is 17.7 Å². The second-order valence-electron chi connectivity index (χ2n) is 10.8. The van der Waals surface area contributed by atoms with Gasteiger partial charge in [-0.2, -0.15) is 4.99 Å². The van der Waals surface area contributed by atoms with Crippen LogP contribution in [0.5, 0.6) is 5.75 Å². The van der Waals surface area contributed by atoms with Gasteiger partial charge in [-0.1, -0.05) is 17.7 Å². The van der Waals surface area contributed by atoms with E-state index in [1.54, 1.807) is 49.4 Å². The van der Waals surface area contributed by atoms with Gasteiger partial charge in [-0.3, -0.25) is 30.0 Å². The number of aliphatic imine (C=N–C) groups is 1. The Morgan fingerprint density at radius 3 is 2.54 bits per heavy atom. The van der Waals surface area contributed by atoms with Crippen LogP contribution < -0.4 is 26.4 Å². The van der Waals surface area contributed by atoms with Gasteiger partial charge >= 0.3 is 0 Å². The number of benzene rings is 1. The van der Waals surface area contributed by atoms with Crippen molar-refractivity contribution in [3.63, 3.8) is 0 Å². The minimum atomic E-state index is -0.678.